The summed E-state index contributed by atoms with van der Waals surface area (Å²) in [5, 5.41) is 0. The number of fused-ring (bicyclic) bond motifs is 5. The zero-order chi connectivity index (χ0) is 11.3. The minimum atomic E-state index is -0.0138. The second-order valence-electron chi connectivity index (χ2n) is 5.93. The molecule has 2 unspecified atom stereocenters. The standard InChI is InChI=1S/C14H20O2/c1-8(2)14(15)16-13-7-9-6-12(13)11-5-3-4-10(9)11/h3-4,8-13H,5-7H2,1-2H3/t9?,10-,11+,12?,13-/m0/s1. The molecule has 3 aliphatic carbocycles. The van der Waals surface area contributed by atoms with Gasteiger partial charge in [-0.15, -0.1) is 0 Å². The topological polar surface area (TPSA) is 26.3 Å². The maximum absolute atomic E-state index is 11.6. The van der Waals surface area contributed by atoms with Crippen LogP contribution in [0.4, 0.5) is 0 Å². The Bertz CT molecular complexity index is 332. The third-order valence-electron chi connectivity index (χ3n) is 4.68. The van der Waals surface area contributed by atoms with Crippen LogP contribution in [0.2, 0.25) is 0 Å². The van der Waals surface area contributed by atoms with Crippen molar-refractivity contribution < 1.29 is 9.53 Å². The van der Waals surface area contributed by atoms with Gasteiger partial charge >= 0.3 is 5.97 Å². The van der Waals surface area contributed by atoms with Crippen molar-refractivity contribution in [2.75, 3.05) is 0 Å². The molecule has 0 aromatic carbocycles. The molecule has 0 saturated heterocycles. The summed E-state index contributed by atoms with van der Waals surface area (Å²) in [5.41, 5.74) is 0. The van der Waals surface area contributed by atoms with Crippen molar-refractivity contribution in [3.63, 3.8) is 0 Å². The summed E-state index contributed by atoms with van der Waals surface area (Å²) in [6.45, 7) is 3.82. The van der Waals surface area contributed by atoms with E-state index in [4.69, 9.17) is 4.74 Å². The first kappa shape index (κ1) is 10.4. The van der Waals surface area contributed by atoms with E-state index in [1.165, 1.54) is 12.8 Å². The maximum atomic E-state index is 11.6. The molecule has 5 atom stereocenters. The van der Waals surface area contributed by atoms with Crippen molar-refractivity contribution in [1.29, 1.82) is 0 Å². The molecule has 0 aromatic heterocycles. The van der Waals surface area contributed by atoms with Gasteiger partial charge in [0.2, 0.25) is 0 Å². The van der Waals surface area contributed by atoms with Gasteiger partial charge in [-0.05, 0) is 42.9 Å². The number of hydrogen-bond donors (Lipinski definition) is 0. The molecule has 3 aliphatic rings. The van der Waals surface area contributed by atoms with Crippen molar-refractivity contribution in [2.24, 2.45) is 29.6 Å². The Kier molecular flexibility index (Phi) is 2.34. The molecule has 2 heteroatoms. The molecule has 0 heterocycles. The Morgan fingerprint density at radius 3 is 2.88 bits per heavy atom. The van der Waals surface area contributed by atoms with Crippen molar-refractivity contribution in [3.05, 3.63) is 12.2 Å². The summed E-state index contributed by atoms with van der Waals surface area (Å²) in [4.78, 5) is 11.6. The van der Waals surface area contributed by atoms with Crippen LogP contribution in [0.3, 0.4) is 0 Å². The third kappa shape index (κ3) is 1.42. The Balaban J connectivity index is 1.67. The number of esters is 1. The maximum Gasteiger partial charge on any atom is 0.308 e. The third-order valence-corrected chi connectivity index (χ3v) is 4.68. The van der Waals surface area contributed by atoms with Crippen LogP contribution in [0.15, 0.2) is 12.2 Å². The van der Waals surface area contributed by atoms with Gasteiger partial charge in [0, 0.05) is 0 Å². The molecular weight excluding hydrogens is 200 g/mol. The Morgan fingerprint density at radius 1 is 1.31 bits per heavy atom. The number of ether oxygens (including phenoxy) is 1. The van der Waals surface area contributed by atoms with Crippen LogP contribution < -0.4 is 0 Å². The van der Waals surface area contributed by atoms with Crippen LogP contribution in [0.25, 0.3) is 0 Å². The average molecular weight is 220 g/mol. The average Bonchev–Trinajstić information content (AvgIpc) is 2.87. The van der Waals surface area contributed by atoms with E-state index in [1.807, 2.05) is 13.8 Å². The predicted molar refractivity (Wildman–Crippen MR) is 61.7 cm³/mol. The molecule has 0 spiro atoms. The minimum Gasteiger partial charge on any atom is -0.462 e. The number of carbonyl (C=O) groups is 1. The van der Waals surface area contributed by atoms with E-state index < -0.39 is 0 Å². The highest BCUT2D eigenvalue weighted by Crippen LogP contribution is 2.57. The number of allylic oxidation sites excluding steroid dienone is 2. The number of rotatable bonds is 2. The smallest absolute Gasteiger partial charge is 0.308 e. The molecule has 0 amide bonds. The second-order valence-corrected chi connectivity index (χ2v) is 5.93. The molecule has 0 radical (unpaired) electrons. The summed E-state index contributed by atoms with van der Waals surface area (Å²) >= 11 is 0. The van der Waals surface area contributed by atoms with Gasteiger partial charge in [-0.1, -0.05) is 26.0 Å². The molecular formula is C14H20O2. The first-order chi connectivity index (χ1) is 7.66. The molecule has 88 valence electrons. The van der Waals surface area contributed by atoms with Gasteiger partial charge in [0.05, 0.1) is 5.92 Å². The predicted octanol–water partition coefficient (Wildman–Crippen LogP) is 2.79. The van der Waals surface area contributed by atoms with Crippen LogP contribution in [0, 0.1) is 29.6 Å². The van der Waals surface area contributed by atoms with Crippen molar-refractivity contribution >= 4 is 5.97 Å². The minimum absolute atomic E-state index is 0.0108. The molecule has 0 aliphatic heterocycles. The van der Waals surface area contributed by atoms with E-state index in [0.29, 0.717) is 5.92 Å². The molecule has 0 N–H and O–H groups in total. The number of carbonyl (C=O) groups excluding carboxylic acids is 1. The zero-order valence-electron chi connectivity index (χ0n) is 10.1. The Labute approximate surface area is 97.1 Å². The number of hydrogen-bond acceptors (Lipinski definition) is 2. The molecule has 3 rings (SSSR count). The highest BCUT2D eigenvalue weighted by Gasteiger charge is 2.53. The lowest BCUT2D eigenvalue weighted by molar-refractivity contribution is -0.156. The summed E-state index contributed by atoms with van der Waals surface area (Å²) < 4.78 is 5.65. The van der Waals surface area contributed by atoms with E-state index in [-0.39, 0.29) is 18.0 Å². The van der Waals surface area contributed by atoms with Gasteiger partial charge in [0.15, 0.2) is 0 Å². The quantitative estimate of drug-likeness (QED) is 0.528. The zero-order valence-corrected chi connectivity index (χ0v) is 10.1. The largest absolute Gasteiger partial charge is 0.462 e. The summed E-state index contributed by atoms with van der Waals surface area (Å²) in [6.07, 6.45) is 8.55. The lowest BCUT2D eigenvalue weighted by Crippen LogP contribution is -2.33. The second kappa shape index (κ2) is 3.61. The summed E-state index contributed by atoms with van der Waals surface area (Å²) in [6, 6.07) is 0. The lowest BCUT2D eigenvalue weighted by atomic mass is 9.80. The molecule has 2 nitrogen and oxygen atoms in total. The van der Waals surface area contributed by atoms with Gasteiger partial charge in [-0.25, -0.2) is 0 Å². The SMILES string of the molecule is CC(C)C(=O)O[C@H]1CC2CC1[C@@H]1CC=C[C@@H]21. The highest BCUT2D eigenvalue weighted by atomic mass is 16.5. The van der Waals surface area contributed by atoms with E-state index in [2.05, 4.69) is 12.2 Å². The van der Waals surface area contributed by atoms with Crippen molar-refractivity contribution in [1.82, 2.24) is 0 Å². The van der Waals surface area contributed by atoms with Gasteiger partial charge in [0.25, 0.3) is 0 Å². The highest BCUT2D eigenvalue weighted by molar-refractivity contribution is 5.71. The van der Waals surface area contributed by atoms with Crippen LogP contribution >= 0.6 is 0 Å². The normalized spacial score (nSPS) is 44.1. The van der Waals surface area contributed by atoms with Crippen molar-refractivity contribution in [2.45, 2.75) is 39.2 Å². The van der Waals surface area contributed by atoms with E-state index in [9.17, 15) is 4.79 Å². The fraction of sp³-hybridized carbons (Fsp3) is 0.786. The van der Waals surface area contributed by atoms with Gasteiger partial charge in [-0.3, -0.25) is 4.79 Å². The van der Waals surface area contributed by atoms with Crippen LogP contribution in [0.5, 0.6) is 0 Å². The molecule has 16 heavy (non-hydrogen) atoms. The molecule has 0 aromatic rings. The summed E-state index contributed by atoms with van der Waals surface area (Å²) in [5.74, 6) is 3.02. The molecule has 2 fully saturated rings. The van der Waals surface area contributed by atoms with Gasteiger partial charge in [-0.2, -0.15) is 0 Å². The first-order valence-electron chi connectivity index (χ1n) is 6.54. The van der Waals surface area contributed by atoms with Crippen LogP contribution in [0.1, 0.15) is 33.1 Å². The monoisotopic (exact) mass is 220 g/mol. The fourth-order valence-electron chi connectivity index (χ4n) is 3.92. The molecule has 2 bridgehead atoms. The summed E-state index contributed by atoms with van der Waals surface area (Å²) in [7, 11) is 0. The van der Waals surface area contributed by atoms with Gasteiger partial charge in [0.1, 0.15) is 6.10 Å². The fourth-order valence-corrected chi connectivity index (χ4v) is 3.92. The first-order valence-corrected chi connectivity index (χ1v) is 6.54. The van der Waals surface area contributed by atoms with Gasteiger partial charge < -0.3 is 4.74 Å². The van der Waals surface area contributed by atoms with E-state index in [0.717, 1.165) is 24.2 Å². The molecule has 2 saturated carbocycles. The lowest BCUT2D eigenvalue weighted by Gasteiger charge is -2.31. The Morgan fingerprint density at radius 2 is 2.12 bits per heavy atom. The Hall–Kier alpha value is -0.790. The van der Waals surface area contributed by atoms with E-state index >= 15 is 0 Å². The van der Waals surface area contributed by atoms with Crippen LogP contribution in [-0.4, -0.2) is 12.1 Å². The van der Waals surface area contributed by atoms with E-state index in [1.54, 1.807) is 0 Å². The van der Waals surface area contributed by atoms with Crippen LogP contribution in [-0.2, 0) is 9.53 Å². The van der Waals surface area contributed by atoms with Crippen molar-refractivity contribution in [3.8, 4) is 0 Å².